The minimum Gasteiger partial charge on any atom is -0.369 e. The Morgan fingerprint density at radius 2 is 2.20 bits per heavy atom. The Morgan fingerprint density at radius 3 is 2.85 bits per heavy atom. The van der Waals surface area contributed by atoms with Crippen molar-refractivity contribution in [3.05, 3.63) is 23.7 Å². The maximum Gasteiger partial charge on any atom is 0.222 e. The van der Waals surface area contributed by atoms with E-state index < -0.39 is 0 Å². The lowest BCUT2D eigenvalue weighted by Gasteiger charge is -2.11. The predicted molar refractivity (Wildman–Crippen MR) is 83.0 cm³/mol. The van der Waals surface area contributed by atoms with E-state index in [9.17, 15) is 0 Å². The minimum atomic E-state index is 0.326. The molecule has 0 aromatic carbocycles. The van der Waals surface area contributed by atoms with Crippen LogP contribution < -0.4 is 11.1 Å². The Bertz CT molecular complexity index is 580. The molecule has 2 rings (SSSR count). The first-order valence-corrected chi connectivity index (χ1v) is 7.57. The van der Waals surface area contributed by atoms with Crippen molar-refractivity contribution in [1.29, 1.82) is 0 Å². The second kappa shape index (κ2) is 6.60. The first kappa shape index (κ1) is 14.6. The maximum absolute atomic E-state index is 5.72. The third-order valence-electron chi connectivity index (χ3n) is 3.00. The van der Waals surface area contributed by atoms with Gasteiger partial charge in [-0.15, -0.1) is 0 Å². The number of aromatic nitrogens is 4. The van der Waals surface area contributed by atoms with Crippen LogP contribution in [0.4, 0.5) is 11.8 Å². The van der Waals surface area contributed by atoms with Crippen LogP contribution in [0.1, 0.15) is 18.2 Å². The Labute approximate surface area is 123 Å². The molecule has 7 heteroatoms. The summed E-state index contributed by atoms with van der Waals surface area (Å²) in [7, 11) is 1.99. The fourth-order valence-corrected chi connectivity index (χ4v) is 2.69. The van der Waals surface area contributed by atoms with Gasteiger partial charge in [0.2, 0.25) is 5.95 Å². The molecular weight excluding hydrogens is 272 g/mol. The third kappa shape index (κ3) is 3.41. The molecule has 2 aromatic rings. The molecule has 0 saturated heterocycles. The molecule has 0 aliphatic rings. The fourth-order valence-electron chi connectivity index (χ4n) is 1.90. The van der Waals surface area contributed by atoms with Gasteiger partial charge in [0.1, 0.15) is 5.82 Å². The largest absolute Gasteiger partial charge is 0.369 e. The minimum absolute atomic E-state index is 0.326. The highest BCUT2D eigenvalue weighted by atomic mass is 32.2. The van der Waals surface area contributed by atoms with Gasteiger partial charge in [-0.2, -0.15) is 4.98 Å². The average molecular weight is 292 g/mol. The molecule has 0 radical (unpaired) electrons. The van der Waals surface area contributed by atoms with E-state index in [0.29, 0.717) is 5.95 Å². The molecule has 2 aromatic heterocycles. The van der Waals surface area contributed by atoms with Crippen molar-refractivity contribution in [2.75, 3.05) is 23.3 Å². The summed E-state index contributed by atoms with van der Waals surface area (Å²) in [6.07, 6.45) is 4.60. The summed E-state index contributed by atoms with van der Waals surface area (Å²) < 4.78 is 2.01. The highest BCUT2D eigenvalue weighted by Gasteiger charge is 2.08. The number of nitrogen functional groups attached to an aromatic ring is 1. The quantitative estimate of drug-likeness (QED) is 0.625. The molecule has 0 spiro atoms. The molecule has 0 aliphatic carbocycles. The molecule has 3 N–H and O–H groups in total. The molecule has 6 nitrogen and oxygen atoms in total. The van der Waals surface area contributed by atoms with E-state index in [4.69, 9.17) is 5.73 Å². The summed E-state index contributed by atoms with van der Waals surface area (Å²) in [6, 6.07) is 0. The van der Waals surface area contributed by atoms with Crippen LogP contribution >= 0.6 is 11.8 Å². The number of hydrogen-bond acceptors (Lipinski definition) is 6. The van der Waals surface area contributed by atoms with Gasteiger partial charge < -0.3 is 15.6 Å². The average Bonchev–Trinajstić information content (AvgIpc) is 2.83. The van der Waals surface area contributed by atoms with Crippen molar-refractivity contribution in [3.63, 3.8) is 0 Å². The summed E-state index contributed by atoms with van der Waals surface area (Å²) in [6.45, 7) is 4.89. The molecule has 2 heterocycles. The van der Waals surface area contributed by atoms with Crippen LogP contribution in [-0.2, 0) is 13.5 Å². The van der Waals surface area contributed by atoms with E-state index in [1.54, 1.807) is 18.0 Å². The van der Waals surface area contributed by atoms with Gasteiger partial charge in [-0.3, -0.25) is 0 Å². The van der Waals surface area contributed by atoms with Crippen molar-refractivity contribution in [1.82, 2.24) is 19.5 Å². The first-order valence-electron chi connectivity index (χ1n) is 6.58. The van der Waals surface area contributed by atoms with E-state index in [2.05, 4.69) is 27.2 Å². The summed E-state index contributed by atoms with van der Waals surface area (Å²) in [5.74, 6) is 2.07. The van der Waals surface area contributed by atoms with E-state index in [1.165, 1.54) is 0 Å². The zero-order valence-corrected chi connectivity index (χ0v) is 12.9. The number of nitrogens with one attached hydrogen (secondary N) is 1. The number of hydrogen-bond donors (Lipinski definition) is 2. The van der Waals surface area contributed by atoms with Gasteiger partial charge in [-0.1, -0.05) is 18.7 Å². The monoisotopic (exact) mass is 292 g/mol. The first-order chi connectivity index (χ1) is 9.61. The van der Waals surface area contributed by atoms with Crippen LogP contribution in [0.3, 0.4) is 0 Å². The number of nitrogens with two attached hydrogens (primary N) is 1. The van der Waals surface area contributed by atoms with Crippen molar-refractivity contribution in [2.45, 2.75) is 25.4 Å². The molecule has 0 bridgehead atoms. The van der Waals surface area contributed by atoms with Crippen LogP contribution in [0.15, 0.2) is 17.6 Å². The van der Waals surface area contributed by atoms with Crippen LogP contribution in [0.2, 0.25) is 0 Å². The number of imidazole rings is 1. The summed E-state index contributed by atoms with van der Waals surface area (Å²) in [5.41, 5.74) is 7.79. The summed E-state index contributed by atoms with van der Waals surface area (Å²) in [5, 5.41) is 4.34. The van der Waals surface area contributed by atoms with E-state index in [-0.39, 0.29) is 0 Å². The van der Waals surface area contributed by atoms with E-state index in [0.717, 1.165) is 41.0 Å². The Hall–Kier alpha value is -1.76. The van der Waals surface area contributed by atoms with Crippen molar-refractivity contribution >= 4 is 23.5 Å². The van der Waals surface area contributed by atoms with Gasteiger partial charge in [-0.05, 0) is 13.3 Å². The van der Waals surface area contributed by atoms with Gasteiger partial charge in [0.05, 0.1) is 5.69 Å². The zero-order valence-electron chi connectivity index (χ0n) is 12.1. The van der Waals surface area contributed by atoms with Gasteiger partial charge >= 0.3 is 0 Å². The molecule has 0 aliphatic heterocycles. The SMILES string of the molecule is CCc1nc(N)nc(NCCSc2nccn2C)c1C. The molecular formula is C13H20N6S. The lowest BCUT2D eigenvalue weighted by molar-refractivity contribution is 0.790. The second-order valence-corrected chi connectivity index (χ2v) is 5.51. The van der Waals surface area contributed by atoms with Crippen molar-refractivity contribution in [3.8, 4) is 0 Å². The van der Waals surface area contributed by atoms with Crippen LogP contribution in [0, 0.1) is 6.92 Å². The van der Waals surface area contributed by atoms with Crippen molar-refractivity contribution in [2.24, 2.45) is 7.05 Å². The molecule has 0 unspecified atom stereocenters. The van der Waals surface area contributed by atoms with Gasteiger partial charge in [0, 0.05) is 37.3 Å². The maximum atomic E-state index is 5.72. The summed E-state index contributed by atoms with van der Waals surface area (Å²) >= 11 is 1.71. The number of anilines is 2. The topological polar surface area (TPSA) is 81.7 Å². The summed E-state index contributed by atoms with van der Waals surface area (Å²) in [4.78, 5) is 12.8. The standard InChI is InChI=1S/C13H20N6S/c1-4-10-9(2)11(18-12(14)17-10)15-6-8-20-13-16-5-7-19(13)3/h5,7H,4,6,8H2,1-3H3,(H3,14,15,17,18). The highest BCUT2D eigenvalue weighted by Crippen LogP contribution is 2.18. The fraction of sp³-hybridized carbons (Fsp3) is 0.462. The number of nitrogens with zero attached hydrogens (tertiary/aromatic N) is 4. The number of aryl methyl sites for hydroxylation is 2. The van der Waals surface area contributed by atoms with Gasteiger partial charge in [0.15, 0.2) is 5.16 Å². The van der Waals surface area contributed by atoms with Crippen LogP contribution in [-0.4, -0.2) is 31.8 Å². The van der Waals surface area contributed by atoms with E-state index in [1.807, 2.05) is 24.7 Å². The van der Waals surface area contributed by atoms with Crippen molar-refractivity contribution < 1.29 is 0 Å². The van der Waals surface area contributed by atoms with E-state index >= 15 is 0 Å². The normalized spacial score (nSPS) is 10.8. The Kier molecular flexibility index (Phi) is 4.84. The molecule has 0 amide bonds. The molecule has 0 saturated carbocycles. The second-order valence-electron chi connectivity index (χ2n) is 4.45. The third-order valence-corrected chi connectivity index (χ3v) is 4.06. The van der Waals surface area contributed by atoms with Crippen LogP contribution in [0.25, 0.3) is 0 Å². The predicted octanol–water partition coefficient (Wildman–Crippen LogP) is 1.87. The molecule has 108 valence electrons. The number of rotatable bonds is 6. The smallest absolute Gasteiger partial charge is 0.222 e. The lowest BCUT2D eigenvalue weighted by atomic mass is 10.2. The Morgan fingerprint density at radius 1 is 1.40 bits per heavy atom. The Balaban J connectivity index is 1.91. The highest BCUT2D eigenvalue weighted by molar-refractivity contribution is 7.99. The molecule has 0 fully saturated rings. The number of thioether (sulfide) groups is 1. The zero-order chi connectivity index (χ0) is 14.5. The molecule has 0 atom stereocenters. The molecule has 20 heavy (non-hydrogen) atoms. The lowest BCUT2D eigenvalue weighted by Crippen LogP contribution is -2.11. The van der Waals surface area contributed by atoms with Crippen LogP contribution in [0.5, 0.6) is 0 Å². The van der Waals surface area contributed by atoms with Gasteiger partial charge in [0.25, 0.3) is 0 Å². The van der Waals surface area contributed by atoms with Gasteiger partial charge in [-0.25, -0.2) is 9.97 Å².